The number of aryl methyl sites for hydroxylation is 1. The minimum absolute atomic E-state index is 0.00296. The average molecular weight is 243 g/mol. The van der Waals surface area contributed by atoms with Crippen LogP contribution in [0.3, 0.4) is 0 Å². The first-order valence-corrected chi connectivity index (χ1v) is 5.99. The first kappa shape index (κ1) is 12.5. The maximum absolute atomic E-state index is 5.51. The van der Waals surface area contributed by atoms with Gasteiger partial charge in [-0.25, -0.2) is 4.98 Å². The zero-order valence-electron chi connectivity index (χ0n) is 10.6. The van der Waals surface area contributed by atoms with Gasteiger partial charge in [0.05, 0.1) is 12.3 Å². The lowest BCUT2D eigenvalue weighted by atomic mass is 10.1. The van der Waals surface area contributed by atoms with Gasteiger partial charge in [-0.3, -0.25) is 5.32 Å². The van der Waals surface area contributed by atoms with Gasteiger partial charge in [-0.1, -0.05) is 12.8 Å². The number of terminal acetylenes is 1. The SMILES string of the molecule is C#CC(CC)NC(c1ccco1)c1nccn1C. The minimum atomic E-state index is -0.124. The lowest BCUT2D eigenvalue weighted by Gasteiger charge is -2.20. The lowest BCUT2D eigenvalue weighted by molar-refractivity contribution is 0.411. The van der Waals surface area contributed by atoms with Crippen LogP contribution in [0.25, 0.3) is 0 Å². The molecule has 1 N–H and O–H groups in total. The zero-order valence-corrected chi connectivity index (χ0v) is 10.6. The van der Waals surface area contributed by atoms with Crippen molar-refractivity contribution in [3.05, 3.63) is 42.4 Å². The van der Waals surface area contributed by atoms with Crippen molar-refractivity contribution in [2.75, 3.05) is 0 Å². The van der Waals surface area contributed by atoms with Crippen LogP contribution in [0.2, 0.25) is 0 Å². The Balaban J connectivity index is 2.30. The van der Waals surface area contributed by atoms with E-state index in [1.165, 1.54) is 0 Å². The van der Waals surface area contributed by atoms with Gasteiger partial charge in [0, 0.05) is 19.4 Å². The Kier molecular flexibility index (Phi) is 3.85. The van der Waals surface area contributed by atoms with E-state index in [0.717, 1.165) is 18.0 Å². The number of hydrogen-bond donors (Lipinski definition) is 1. The van der Waals surface area contributed by atoms with Crippen LogP contribution < -0.4 is 5.32 Å². The molecule has 0 amide bonds. The monoisotopic (exact) mass is 243 g/mol. The normalized spacial score (nSPS) is 14.1. The third kappa shape index (κ3) is 2.47. The highest BCUT2D eigenvalue weighted by atomic mass is 16.3. The number of nitrogens with zero attached hydrogens (tertiary/aromatic N) is 2. The molecule has 0 saturated carbocycles. The fraction of sp³-hybridized carbons (Fsp3) is 0.357. The van der Waals surface area contributed by atoms with Crippen LogP contribution in [0.5, 0.6) is 0 Å². The summed E-state index contributed by atoms with van der Waals surface area (Å²) in [5, 5.41) is 3.39. The Morgan fingerprint density at radius 3 is 2.94 bits per heavy atom. The van der Waals surface area contributed by atoms with Crippen LogP contribution in [0, 0.1) is 12.3 Å². The quantitative estimate of drug-likeness (QED) is 0.818. The van der Waals surface area contributed by atoms with Gasteiger partial charge in [0.2, 0.25) is 0 Å². The van der Waals surface area contributed by atoms with E-state index in [9.17, 15) is 0 Å². The Labute approximate surface area is 107 Å². The van der Waals surface area contributed by atoms with E-state index in [0.29, 0.717) is 0 Å². The molecular formula is C14H17N3O. The summed E-state index contributed by atoms with van der Waals surface area (Å²) in [6.07, 6.45) is 11.7. The third-order valence-corrected chi connectivity index (χ3v) is 2.92. The predicted molar refractivity (Wildman–Crippen MR) is 69.8 cm³/mol. The van der Waals surface area contributed by atoms with Crippen molar-refractivity contribution >= 4 is 0 Å². The van der Waals surface area contributed by atoms with E-state index in [4.69, 9.17) is 10.8 Å². The third-order valence-electron chi connectivity index (χ3n) is 2.92. The molecule has 0 bridgehead atoms. The molecule has 4 heteroatoms. The topological polar surface area (TPSA) is 43.0 Å². The zero-order chi connectivity index (χ0) is 13.0. The van der Waals surface area contributed by atoms with Gasteiger partial charge in [-0.15, -0.1) is 6.42 Å². The summed E-state index contributed by atoms with van der Waals surface area (Å²) in [6.45, 7) is 2.05. The van der Waals surface area contributed by atoms with Crippen molar-refractivity contribution < 1.29 is 4.42 Å². The molecule has 0 aromatic carbocycles. The van der Waals surface area contributed by atoms with Crippen LogP contribution >= 0.6 is 0 Å². The molecule has 2 atom stereocenters. The smallest absolute Gasteiger partial charge is 0.133 e. The molecule has 0 aliphatic rings. The Bertz CT molecular complexity index is 521. The van der Waals surface area contributed by atoms with Gasteiger partial charge in [-0.05, 0) is 18.6 Å². The number of hydrogen-bond acceptors (Lipinski definition) is 3. The predicted octanol–water partition coefficient (Wildman–Crippen LogP) is 2.10. The molecule has 2 aromatic heterocycles. The van der Waals surface area contributed by atoms with Crippen molar-refractivity contribution in [2.24, 2.45) is 7.05 Å². The highest BCUT2D eigenvalue weighted by molar-refractivity contribution is 5.17. The van der Waals surface area contributed by atoms with E-state index < -0.39 is 0 Å². The van der Waals surface area contributed by atoms with E-state index in [2.05, 4.69) is 23.1 Å². The molecule has 94 valence electrons. The molecule has 2 aromatic rings. The first-order chi connectivity index (χ1) is 8.76. The Hall–Kier alpha value is -1.99. The van der Waals surface area contributed by atoms with Crippen LogP contribution in [0.15, 0.2) is 35.2 Å². The highest BCUT2D eigenvalue weighted by Crippen LogP contribution is 2.21. The number of imidazole rings is 1. The van der Waals surface area contributed by atoms with E-state index in [1.807, 2.05) is 29.9 Å². The fourth-order valence-electron chi connectivity index (χ4n) is 1.88. The van der Waals surface area contributed by atoms with Gasteiger partial charge in [0.15, 0.2) is 0 Å². The van der Waals surface area contributed by atoms with Gasteiger partial charge in [-0.2, -0.15) is 0 Å². The molecule has 2 heterocycles. The molecular weight excluding hydrogens is 226 g/mol. The summed E-state index contributed by atoms with van der Waals surface area (Å²) in [7, 11) is 1.96. The number of rotatable bonds is 5. The highest BCUT2D eigenvalue weighted by Gasteiger charge is 2.22. The molecule has 0 aliphatic heterocycles. The maximum atomic E-state index is 5.51. The molecule has 0 fully saturated rings. The molecule has 0 aliphatic carbocycles. The fourth-order valence-corrected chi connectivity index (χ4v) is 1.88. The Morgan fingerprint density at radius 2 is 2.44 bits per heavy atom. The Morgan fingerprint density at radius 1 is 1.61 bits per heavy atom. The van der Waals surface area contributed by atoms with Crippen LogP contribution in [0.4, 0.5) is 0 Å². The molecule has 2 unspecified atom stereocenters. The van der Waals surface area contributed by atoms with Crippen LogP contribution in [0.1, 0.15) is 31.0 Å². The summed E-state index contributed by atoms with van der Waals surface area (Å²) in [5.41, 5.74) is 0. The maximum Gasteiger partial charge on any atom is 0.133 e. The number of aromatic nitrogens is 2. The lowest BCUT2D eigenvalue weighted by Crippen LogP contribution is -2.33. The second kappa shape index (κ2) is 5.56. The van der Waals surface area contributed by atoms with E-state index in [1.54, 1.807) is 12.5 Å². The van der Waals surface area contributed by atoms with Crippen molar-refractivity contribution in [3.63, 3.8) is 0 Å². The van der Waals surface area contributed by atoms with Crippen molar-refractivity contribution in [1.29, 1.82) is 0 Å². The van der Waals surface area contributed by atoms with E-state index in [-0.39, 0.29) is 12.1 Å². The molecule has 0 spiro atoms. The van der Waals surface area contributed by atoms with Crippen molar-refractivity contribution in [3.8, 4) is 12.3 Å². The molecule has 0 saturated heterocycles. The first-order valence-electron chi connectivity index (χ1n) is 5.99. The summed E-state index contributed by atoms with van der Waals surface area (Å²) in [5.74, 6) is 4.44. The second-order valence-electron chi connectivity index (χ2n) is 4.14. The molecule has 18 heavy (non-hydrogen) atoms. The second-order valence-corrected chi connectivity index (χ2v) is 4.14. The van der Waals surface area contributed by atoms with Gasteiger partial charge < -0.3 is 8.98 Å². The minimum Gasteiger partial charge on any atom is -0.467 e. The molecule has 2 rings (SSSR count). The standard InChI is InChI=1S/C14H17N3O/c1-4-11(5-2)16-13(12-7-6-10-18-12)14-15-8-9-17(14)3/h1,6-11,13,16H,5H2,2-3H3. The summed E-state index contributed by atoms with van der Waals surface area (Å²) in [6, 6.07) is 3.66. The van der Waals surface area contributed by atoms with Gasteiger partial charge >= 0.3 is 0 Å². The van der Waals surface area contributed by atoms with Crippen molar-refractivity contribution in [2.45, 2.75) is 25.4 Å². The molecule has 4 nitrogen and oxygen atoms in total. The largest absolute Gasteiger partial charge is 0.467 e. The summed E-state index contributed by atoms with van der Waals surface area (Å²) >= 11 is 0. The van der Waals surface area contributed by atoms with Crippen LogP contribution in [-0.2, 0) is 7.05 Å². The summed E-state index contributed by atoms with van der Waals surface area (Å²) < 4.78 is 7.44. The summed E-state index contributed by atoms with van der Waals surface area (Å²) in [4.78, 5) is 4.37. The van der Waals surface area contributed by atoms with Crippen LogP contribution in [-0.4, -0.2) is 15.6 Å². The van der Waals surface area contributed by atoms with Gasteiger partial charge in [0.1, 0.15) is 17.6 Å². The van der Waals surface area contributed by atoms with E-state index >= 15 is 0 Å². The number of furan rings is 1. The average Bonchev–Trinajstić information content (AvgIpc) is 3.03. The molecule has 0 radical (unpaired) electrons. The number of nitrogens with one attached hydrogen (secondary N) is 1. The van der Waals surface area contributed by atoms with Crippen molar-refractivity contribution in [1.82, 2.24) is 14.9 Å². The van der Waals surface area contributed by atoms with Gasteiger partial charge in [0.25, 0.3) is 0 Å².